The number of nitriles is 1. The second-order valence-corrected chi connectivity index (χ2v) is 7.68. The Morgan fingerprint density at radius 1 is 1.20 bits per heavy atom. The van der Waals surface area contributed by atoms with Gasteiger partial charge in [0.1, 0.15) is 12.3 Å². The SMILES string of the molecule is CC(=O)OCCN(CCC#N)c1ccc(N=Nc2c(Br)cc([N+](=O)[O-])cc2Br)cc1. The van der Waals surface area contributed by atoms with Crippen LogP contribution in [0.2, 0.25) is 0 Å². The molecule has 11 heteroatoms. The van der Waals surface area contributed by atoms with Crippen LogP contribution in [0.3, 0.4) is 0 Å². The van der Waals surface area contributed by atoms with Gasteiger partial charge in [-0.1, -0.05) is 0 Å². The summed E-state index contributed by atoms with van der Waals surface area (Å²) in [6.45, 7) is 2.54. The fourth-order valence-corrected chi connectivity index (χ4v) is 3.77. The highest BCUT2D eigenvalue weighted by molar-refractivity contribution is 9.11. The fraction of sp³-hybridized carbons (Fsp3) is 0.263. The van der Waals surface area contributed by atoms with Gasteiger partial charge < -0.3 is 9.64 Å². The van der Waals surface area contributed by atoms with Crippen molar-refractivity contribution >= 4 is 60.6 Å². The number of benzene rings is 2. The summed E-state index contributed by atoms with van der Waals surface area (Å²) in [6.07, 6.45) is 0.337. The number of azo groups is 1. The Morgan fingerprint density at radius 3 is 2.37 bits per heavy atom. The van der Waals surface area contributed by atoms with Gasteiger partial charge in [-0.3, -0.25) is 14.9 Å². The van der Waals surface area contributed by atoms with Crippen LogP contribution in [0.25, 0.3) is 0 Å². The van der Waals surface area contributed by atoms with E-state index in [4.69, 9.17) is 10.00 Å². The van der Waals surface area contributed by atoms with E-state index in [1.165, 1.54) is 19.1 Å². The molecule has 2 aromatic carbocycles. The zero-order valence-electron chi connectivity index (χ0n) is 15.9. The highest BCUT2D eigenvalue weighted by Crippen LogP contribution is 2.38. The second kappa shape index (κ2) is 11.4. The lowest BCUT2D eigenvalue weighted by atomic mass is 10.2. The van der Waals surface area contributed by atoms with Gasteiger partial charge in [0.25, 0.3) is 5.69 Å². The maximum absolute atomic E-state index is 11.0. The van der Waals surface area contributed by atoms with Gasteiger partial charge >= 0.3 is 5.97 Å². The van der Waals surface area contributed by atoms with Crippen LogP contribution < -0.4 is 4.90 Å². The van der Waals surface area contributed by atoms with Crippen molar-refractivity contribution in [2.24, 2.45) is 10.2 Å². The van der Waals surface area contributed by atoms with Crippen molar-refractivity contribution in [3.8, 4) is 6.07 Å². The van der Waals surface area contributed by atoms with Crippen LogP contribution >= 0.6 is 31.9 Å². The number of halogens is 2. The minimum Gasteiger partial charge on any atom is -0.464 e. The molecule has 0 unspecified atom stereocenters. The average molecular weight is 539 g/mol. The van der Waals surface area contributed by atoms with Gasteiger partial charge in [0, 0.05) is 31.3 Å². The Balaban J connectivity index is 2.15. The molecule has 9 nitrogen and oxygen atoms in total. The van der Waals surface area contributed by atoms with Crippen molar-refractivity contribution in [2.75, 3.05) is 24.6 Å². The van der Waals surface area contributed by atoms with E-state index in [0.717, 1.165) is 5.69 Å². The predicted octanol–water partition coefficient (Wildman–Crippen LogP) is 5.82. The number of ether oxygens (including phenoxy) is 1. The van der Waals surface area contributed by atoms with Crippen molar-refractivity contribution in [1.82, 2.24) is 0 Å². The first-order chi connectivity index (χ1) is 14.3. The van der Waals surface area contributed by atoms with E-state index >= 15 is 0 Å². The summed E-state index contributed by atoms with van der Waals surface area (Å²) in [6, 6.07) is 12.0. The molecular formula is C19H17Br2N5O4. The van der Waals surface area contributed by atoms with Gasteiger partial charge in [0.2, 0.25) is 0 Å². The van der Waals surface area contributed by atoms with E-state index in [0.29, 0.717) is 39.8 Å². The Hall–Kier alpha value is -2.84. The van der Waals surface area contributed by atoms with Crippen LogP contribution in [0.5, 0.6) is 0 Å². The zero-order valence-corrected chi connectivity index (χ0v) is 19.1. The highest BCUT2D eigenvalue weighted by Gasteiger charge is 2.14. The number of carbonyl (C=O) groups is 1. The molecule has 0 saturated heterocycles. The molecule has 0 fully saturated rings. The normalized spacial score (nSPS) is 10.6. The maximum Gasteiger partial charge on any atom is 0.302 e. The molecule has 30 heavy (non-hydrogen) atoms. The fourth-order valence-electron chi connectivity index (χ4n) is 2.45. The summed E-state index contributed by atoms with van der Waals surface area (Å²) >= 11 is 6.54. The summed E-state index contributed by atoms with van der Waals surface area (Å²) in [5, 5.41) is 28.1. The van der Waals surface area contributed by atoms with Gasteiger partial charge in [-0.15, -0.1) is 5.11 Å². The summed E-state index contributed by atoms with van der Waals surface area (Å²) in [4.78, 5) is 23.3. The van der Waals surface area contributed by atoms with Gasteiger partial charge in [0.15, 0.2) is 0 Å². The molecule has 0 N–H and O–H groups in total. The lowest BCUT2D eigenvalue weighted by molar-refractivity contribution is -0.385. The molecule has 0 aliphatic heterocycles. The number of hydrogen-bond donors (Lipinski definition) is 0. The predicted molar refractivity (Wildman–Crippen MR) is 118 cm³/mol. The molecule has 0 atom stereocenters. The molecule has 0 aliphatic carbocycles. The largest absolute Gasteiger partial charge is 0.464 e. The quantitative estimate of drug-likeness (QED) is 0.171. The molecule has 0 aliphatic rings. The third kappa shape index (κ3) is 6.89. The summed E-state index contributed by atoms with van der Waals surface area (Å²) in [5.41, 5.74) is 1.80. The Bertz CT molecular complexity index is 966. The Morgan fingerprint density at radius 2 is 1.83 bits per heavy atom. The van der Waals surface area contributed by atoms with Gasteiger partial charge in [-0.25, -0.2) is 0 Å². The molecule has 2 rings (SSSR count). The zero-order chi connectivity index (χ0) is 22.1. The molecular weight excluding hydrogens is 522 g/mol. The molecule has 2 aromatic rings. The first kappa shape index (κ1) is 23.4. The molecule has 156 valence electrons. The number of non-ortho nitro benzene ring substituents is 1. The van der Waals surface area contributed by atoms with E-state index in [1.807, 2.05) is 17.0 Å². The summed E-state index contributed by atoms with van der Waals surface area (Å²) < 4.78 is 5.87. The molecule has 0 saturated carbocycles. The lowest BCUT2D eigenvalue weighted by Crippen LogP contribution is -2.28. The van der Waals surface area contributed by atoms with Crippen molar-refractivity contribution in [2.45, 2.75) is 13.3 Å². The van der Waals surface area contributed by atoms with Crippen molar-refractivity contribution in [3.05, 3.63) is 55.5 Å². The molecule has 0 radical (unpaired) electrons. The van der Waals surface area contributed by atoms with Crippen LogP contribution in [0.15, 0.2) is 55.6 Å². The number of nitro benzene ring substituents is 1. The third-order valence-corrected chi connectivity index (χ3v) is 5.06. The van der Waals surface area contributed by atoms with Crippen LogP contribution in [0.1, 0.15) is 13.3 Å². The molecule has 0 spiro atoms. The average Bonchev–Trinajstić information content (AvgIpc) is 2.70. The minimum atomic E-state index is -0.491. The second-order valence-electron chi connectivity index (χ2n) is 5.97. The molecule has 0 bridgehead atoms. The maximum atomic E-state index is 11.0. The highest BCUT2D eigenvalue weighted by atomic mass is 79.9. The summed E-state index contributed by atoms with van der Waals surface area (Å²) in [5.74, 6) is -0.352. The van der Waals surface area contributed by atoms with Gasteiger partial charge in [-0.05, 0) is 56.1 Å². The number of nitro groups is 1. The Labute approximate surface area is 189 Å². The topological polar surface area (TPSA) is 121 Å². The first-order valence-electron chi connectivity index (χ1n) is 8.72. The third-order valence-electron chi connectivity index (χ3n) is 3.85. The van der Waals surface area contributed by atoms with E-state index in [9.17, 15) is 14.9 Å². The molecule has 0 amide bonds. The van der Waals surface area contributed by atoms with Gasteiger partial charge in [0.05, 0.1) is 38.6 Å². The number of anilines is 1. The van der Waals surface area contributed by atoms with E-state index < -0.39 is 4.92 Å². The van der Waals surface area contributed by atoms with Crippen molar-refractivity contribution < 1.29 is 14.5 Å². The van der Waals surface area contributed by atoms with Crippen molar-refractivity contribution in [3.63, 3.8) is 0 Å². The minimum absolute atomic E-state index is 0.0664. The van der Waals surface area contributed by atoms with Crippen molar-refractivity contribution in [1.29, 1.82) is 5.26 Å². The monoisotopic (exact) mass is 537 g/mol. The standard InChI is InChI=1S/C19H17Br2N5O4/c1-13(27)30-10-9-25(8-2-7-22)15-5-3-14(4-6-15)23-24-19-17(20)11-16(26(28)29)12-18(19)21/h3-6,11-12H,2,8-10H2,1H3. The lowest BCUT2D eigenvalue weighted by Gasteiger charge is -2.23. The van der Waals surface area contributed by atoms with Crippen LogP contribution in [0, 0.1) is 21.4 Å². The number of esters is 1. The van der Waals surface area contributed by atoms with Gasteiger partial charge in [-0.2, -0.15) is 10.4 Å². The van der Waals surface area contributed by atoms with Crippen LogP contribution in [-0.4, -0.2) is 30.6 Å². The summed E-state index contributed by atoms with van der Waals surface area (Å²) in [7, 11) is 0. The smallest absolute Gasteiger partial charge is 0.302 e. The number of hydrogen-bond acceptors (Lipinski definition) is 8. The Kier molecular flexibility index (Phi) is 8.89. The van der Waals surface area contributed by atoms with E-state index in [-0.39, 0.29) is 18.3 Å². The number of nitrogens with zero attached hydrogens (tertiary/aromatic N) is 5. The van der Waals surface area contributed by atoms with E-state index in [2.05, 4.69) is 48.2 Å². The molecule has 0 aromatic heterocycles. The number of carbonyl (C=O) groups excluding carboxylic acids is 1. The van der Waals surface area contributed by atoms with Crippen LogP contribution in [0.4, 0.5) is 22.7 Å². The molecule has 0 heterocycles. The first-order valence-corrected chi connectivity index (χ1v) is 10.3. The van der Waals surface area contributed by atoms with Crippen LogP contribution in [-0.2, 0) is 9.53 Å². The number of rotatable bonds is 9. The van der Waals surface area contributed by atoms with E-state index in [1.54, 1.807) is 12.1 Å².